The van der Waals surface area contributed by atoms with Crippen molar-refractivity contribution < 1.29 is 9.84 Å². The Bertz CT molecular complexity index is 378. The van der Waals surface area contributed by atoms with E-state index in [2.05, 4.69) is 24.1 Å². The molecule has 0 spiro atoms. The summed E-state index contributed by atoms with van der Waals surface area (Å²) in [4.78, 5) is 2.21. The minimum absolute atomic E-state index is 0.384. The average molecular weight is 266 g/mol. The number of aliphatic hydroxyl groups excluding tert-OH is 1. The molecule has 0 saturated carbocycles. The summed E-state index contributed by atoms with van der Waals surface area (Å²) in [6, 6.07) is 5.98. The van der Waals surface area contributed by atoms with Crippen molar-refractivity contribution in [3.8, 4) is 5.75 Å². The highest BCUT2D eigenvalue weighted by Crippen LogP contribution is 2.24. The monoisotopic (exact) mass is 266 g/mol. The number of benzene rings is 1. The summed E-state index contributed by atoms with van der Waals surface area (Å²) in [5.74, 6) is 0.806. The zero-order chi connectivity index (χ0) is 14.3. The van der Waals surface area contributed by atoms with Crippen molar-refractivity contribution in [2.45, 2.75) is 26.9 Å². The van der Waals surface area contributed by atoms with Gasteiger partial charge in [0.05, 0.1) is 18.9 Å². The number of nitrogens with one attached hydrogen (secondary N) is 1. The SMILES string of the molecule is CCN(CC)CC(O)CNc1cc(C)ccc1OC. The Morgan fingerprint density at radius 1 is 1.32 bits per heavy atom. The van der Waals surface area contributed by atoms with Crippen molar-refractivity contribution in [2.75, 3.05) is 38.6 Å². The maximum Gasteiger partial charge on any atom is 0.141 e. The number of aliphatic hydroxyl groups is 1. The lowest BCUT2D eigenvalue weighted by atomic mass is 10.2. The van der Waals surface area contributed by atoms with Gasteiger partial charge in [-0.1, -0.05) is 19.9 Å². The van der Waals surface area contributed by atoms with E-state index in [0.29, 0.717) is 13.1 Å². The highest BCUT2D eigenvalue weighted by molar-refractivity contribution is 5.58. The molecule has 4 heteroatoms. The Morgan fingerprint density at radius 3 is 2.58 bits per heavy atom. The van der Waals surface area contributed by atoms with Crippen molar-refractivity contribution in [1.29, 1.82) is 0 Å². The number of hydrogen-bond acceptors (Lipinski definition) is 4. The van der Waals surface area contributed by atoms with E-state index in [4.69, 9.17) is 4.74 Å². The first-order chi connectivity index (χ1) is 9.10. The maximum absolute atomic E-state index is 10.0. The van der Waals surface area contributed by atoms with E-state index in [-0.39, 0.29) is 6.10 Å². The highest BCUT2D eigenvalue weighted by atomic mass is 16.5. The van der Waals surface area contributed by atoms with Gasteiger partial charge < -0.3 is 20.1 Å². The molecule has 0 amide bonds. The van der Waals surface area contributed by atoms with E-state index in [0.717, 1.165) is 24.5 Å². The minimum atomic E-state index is -0.384. The van der Waals surface area contributed by atoms with Crippen LogP contribution in [0.1, 0.15) is 19.4 Å². The molecular formula is C15H26N2O2. The molecule has 1 aromatic rings. The number of hydrogen-bond donors (Lipinski definition) is 2. The normalized spacial score (nSPS) is 12.5. The molecule has 0 heterocycles. The Hall–Kier alpha value is -1.26. The van der Waals surface area contributed by atoms with Gasteiger partial charge in [-0.25, -0.2) is 0 Å². The molecule has 1 rings (SSSR count). The lowest BCUT2D eigenvalue weighted by molar-refractivity contribution is 0.128. The van der Waals surface area contributed by atoms with Crippen molar-refractivity contribution >= 4 is 5.69 Å². The molecule has 2 N–H and O–H groups in total. The van der Waals surface area contributed by atoms with Crippen LogP contribution in [0.2, 0.25) is 0 Å². The van der Waals surface area contributed by atoms with E-state index in [9.17, 15) is 5.11 Å². The Kier molecular flexibility index (Phi) is 6.67. The molecule has 108 valence electrons. The first kappa shape index (κ1) is 15.8. The largest absolute Gasteiger partial charge is 0.495 e. The lowest BCUT2D eigenvalue weighted by Crippen LogP contribution is -2.35. The molecule has 0 aromatic heterocycles. The highest BCUT2D eigenvalue weighted by Gasteiger charge is 2.10. The number of methoxy groups -OCH3 is 1. The molecular weight excluding hydrogens is 240 g/mol. The lowest BCUT2D eigenvalue weighted by Gasteiger charge is -2.22. The van der Waals surface area contributed by atoms with Gasteiger partial charge in [0.2, 0.25) is 0 Å². The smallest absolute Gasteiger partial charge is 0.141 e. The van der Waals surface area contributed by atoms with Crippen molar-refractivity contribution in [2.24, 2.45) is 0 Å². The van der Waals surface area contributed by atoms with E-state index in [1.807, 2.05) is 25.1 Å². The summed E-state index contributed by atoms with van der Waals surface area (Å²) < 4.78 is 5.30. The first-order valence-electron chi connectivity index (χ1n) is 6.89. The molecule has 0 aliphatic carbocycles. The summed E-state index contributed by atoms with van der Waals surface area (Å²) in [7, 11) is 1.65. The molecule has 0 aliphatic heterocycles. The van der Waals surface area contributed by atoms with Crippen molar-refractivity contribution in [3.63, 3.8) is 0 Å². The van der Waals surface area contributed by atoms with Crippen LogP contribution in [0.3, 0.4) is 0 Å². The summed E-state index contributed by atoms with van der Waals surface area (Å²) in [6.45, 7) is 9.38. The molecule has 1 atom stereocenters. The third-order valence-corrected chi connectivity index (χ3v) is 3.25. The predicted molar refractivity (Wildman–Crippen MR) is 80.0 cm³/mol. The quantitative estimate of drug-likeness (QED) is 0.756. The van der Waals surface area contributed by atoms with Crippen LogP contribution in [0.4, 0.5) is 5.69 Å². The standard InChI is InChI=1S/C15H26N2O2/c1-5-17(6-2)11-13(18)10-16-14-9-12(3)7-8-15(14)19-4/h7-9,13,16,18H,5-6,10-11H2,1-4H3. The Morgan fingerprint density at radius 2 is 2.00 bits per heavy atom. The zero-order valence-corrected chi connectivity index (χ0v) is 12.4. The Balaban J connectivity index is 2.54. The number of ether oxygens (including phenoxy) is 1. The summed E-state index contributed by atoms with van der Waals surface area (Å²) in [5, 5.41) is 13.3. The van der Waals surface area contributed by atoms with Gasteiger partial charge in [0.15, 0.2) is 0 Å². The summed E-state index contributed by atoms with van der Waals surface area (Å²) >= 11 is 0. The second kappa shape index (κ2) is 8.02. The Labute approximate surface area is 116 Å². The molecule has 0 fully saturated rings. The second-order valence-electron chi connectivity index (χ2n) is 4.72. The minimum Gasteiger partial charge on any atom is -0.495 e. The van der Waals surface area contributed by atoms with Crippen LogP contribution in [-0.2, 0) is 0 Å². The van der Waals surface area contributed by atoms with Crippen LogP contribution in [0.15, 0.2) is 18.2 Å². The summed E-state index contributed by atoms with van der Waals surface area (Å²) in [6.07, 6.45) is -0.384. The van der Waals surface area contributed by atoms with Gasteiger partial charge in [0.25, 0.3) is 0 Å². The van der Waals surface area contributed by atoms with Crippen LogP contribution >= 0.6 is 0 Å². The topological polar surface area (TPSA) is 44.7 Å². The van der Waals surface area contributed by atoms with Crippen LogP contribution in [0.25, 0.3) is 0 Å². The fourth-order valence-corrected chi connectivity index (χ4v) is 2.03. The number of likely N-dealkylation sites (N-methyl/N-ethyl adjacent to an activating group) is 1. The van der Waals surface area contributed by atoms with Crippen LogP contribution < -0.4 is 10.1 Å². The first-order valence-corrected chi connectivity index (χ1v) is 6.89. The molecule has 1 aromatic carbocycles. The molecule has 1 unspecified atom stereocenters. The van der Waals surface area contributed by atoms with E-state index >= 15 is 0 Å². The van der Waals surface area contributed by atoms with Crippen molar-refractivity contribution in [1.82, 2.24) is 4.90 Å². The van der Waals surface area contributed by atoms with Gasteiger partial charge >= 0.3 is 0 Å². The van der Waals surface area contributed by atoms with Gasteiger partial charge in [-0.2, -0.15) is 0 Å². The van der Waals surface area contributed by atoms with E-state index in [1.54, 1.807) is 7.11 Å². The zero-order valence-electron chi connectivity index (χ0n) is 12.4. The maximum atomic E-state index is 10.0. The number of nitrogens with zero attached hydrogens (tertiary/aromatic N) is 1. The van der Waals surface area contributed by atoms with Crippen LogP contribution in [-0.4, -0.2) is 49.4 Å². The number of rotatable bonds is 8. The number of aryl methyl sites for hydroxylation is 1. The second-order valence-corrected chi connectivity index (χ2v) is 4.72. The van der Waals surface area contributed by atoms with E-state index < -0.39 is 0 Å². The van der Waals surface area contributed by atoms with Gasteiger partial charge in [-0.05, 0) is 37.7 Å². The molecule has 0 saturated heterocycles. The molecule has 0 radical (unpaired) electrons. The third-order valence-electron chi connectivity index (χ3n) is 3.25. The van der Waals surface area contributed by atoms with E-state index in [1.165, 1.54) is 5.56 Å². The molecule has 0 bridgehead atoms. The van der Waals surface area contributed by atoms with Gasteiger partial charge in [-0.15, -0.1) is 0 Å². The van der Waals surface area contributed by atoms with Crippen LogP contribution in [0.5, 0.6) is 5.75 Å². The van der Waals surface area contributed by atoms with Crippen molar-refractivity contribution in [3.05, 3.63) is 23.8 Å². The molecule has 19 heavy (non-hydrogen) atoms. The third kappa shape index (κ3) is 5.09. The summed E-state index contributed by atoms with van der Waals surface area (Å²) in [5.41, 5.74) is 2.10. The van der Waals surface area contributed by atoms with Gasteiger partial charge in [-0.3, -0.25) is 0 Å². The molecule has 0 aliphatic rings. The van der Waals surface area contributed by atoms with Gasteiger partial charge in [0.1, 0.15) is 5.75 Å². The fourth-order valence-electron chi connectivity index (χ4n) is 2.03. The van der Waals surface area contributed by atoms with Crippen LogP contribution in [0, 0.1) is 6.92 Å². The van der Waals surface area contributed by atoms with Gasteiger partial charge in [0, 0.05) is 13.1 Å². The fraction of sp³-hybridized carbons (Fsp3) is 0.600. The number of anilines is 1. The molecule has 4 nitrogen and oxygen atoms in total. The predicted octanol–water partition coefficient (Wildman–Crippen LogP) is 2.12. The average Bonchev–Trinajstić information content (AvgIpc) is 2.42.